The first-order valence-corrected chi connectivity index (χ1v) is 11.9. The second-order valence-corrected chi connectivity index (χ2v) is 9.01. The lowest BCUT2D eigenvalue weighted by Crippen LogP contribution is -2.16. The van der Waals surface area contributed by atoms with Crippen LogP contribution in [0.1, 0.15) is 41.6 Å². The molecule has 1 aliphatic carbocycles. The van der Waals surface area contributed by atoms with E-state index in [9.17, 15) is 14.4 Å². The molecule has 36 heavy (non-hydrogen) atoms. The number of benzene rings is 3. The van der Waals surface area contributed by atoms with Crippen LogP contribution in [0.15, 0.2) is 73.3 Å². The highest BCUT2D eigenvalue weighted by Crippen LogP contribution is 2.48. The van der Waals surface area contributed by atoms with E-state index in [4.69, 9.17) is 16.3 Å². The normalized spacial score (nSPS) is 14.0. The molecule has 4 aromatic rings. The first kappa shape index (κ1) is 23.5. The van der Waals surface area contributed by atoms with Gasteiger partial charge in [-0.2, -0.15) is 10.4 Å². The van der Waals surface area contributed by atoms with Crippen molar-refractivity contribution in [3.63, 3.8) is 0 Å². The molecule has 0 unspecified atom stereocenters. The Labute approximate surface area is 212 Å². The van der Waals surface area contributed by atoms with Gasteiger partial charge in [-0.25, -0.2) is 9.18 Å². The number of rotatable bonds is 6. The average molecular weight is 498 g/mol. The summed E-state index contributed by atoms with van der Waals surface area (Å²) in [6, 6.07) is 19.5. The smallest absolute Gasteiger partial charge is 0.335 e. The number of aromatic nitrogens is 2. The number of carbonyl (C=O) groups excluding carboxylic acids is 1. The lowest BCUT2D eigenvalue weighted by atomic mass is 9.73. The maximum Gasteiger partial charge on any atom is 0.335 e. The van der Waals surface area contributed by atoms with Crippen LogP contribution in [-0.4, -0.2) is 16.2 Å². The second-order valence-electron chi connectivity index (χ2n) is 8.61. The van der Waals surface area contributed by atoms with Crippen molar-refractivity contribution < 1.29 is 13.9 Å². The molecule has 7 heteroatoms. The van der Waals surface area contributed by atoms with E-state index in [0.29, 0.717) is 21.7 Å². The van der Waals surface area contributed by atoms with Crippen molar-refractivity contribution in [3.8, 4) is 11.8 Å². The SMILES string of the molecule is C=CC(=O)Oc1ccccc1/C(=C(/c1ccc(F)cc1Cl)C1CCC1)c1ccc2[nH]nc(C#N)c2c1. The van der Waals surface area contributed by atoms with Crippen molar-refractivity contribution in [1.29, 1.82) is 5.26 Å². The molecular weight excluding hydrogens is 477 g/mol. The monoisotopic (exact) mass is 497 g/mol. The van der Waals surface area contributed by atoms with Crippen LogP contribution >= 0.6 is 11.6 Å². The van der Waals surface area contributed by atoms with Gasteiger partial charge in [0.25, 0.3) is 0 Å². The Balaban J connectivity index is 1.87. The molecule has 1 fully saturated rings. The lowest BCUT2D eigenvalue weighted by molar-refractivity contribution is -0.128. The van der Waals surface area contributed by atoms with Crippen LogP contribution < -0.4 is 4.74 Å². The number of para-hydroxylation sites is 1. The number of hydrogen-bond acceptors (Lipinski definition) is 4. The first-order chi connectivity index (χ1) is 17.5. The summed E-state index contributed by atoms with van der Waals surface area (Å²) in [5.74, 6) is -0.470. The minimum absolute atomic E-state index is 0.168. The highest BCUT2D eigenvalue weighted by Gasteiger charge is 2.30. The molecule has 0 bridgehead atoms. The number of halogens is 2. The molecule has 178 valence electrons. The van der Waals surface area contributed by atoms with E-state index in [1.165, 1.54) is 12.1 Å². The molecule has 1 saturated carbocycles. The molecule has 0 atom stereocenters. The molecule has 0 radical (unpaired) electrons. The van der Waals surface area contributed by atoms with Crippen LogP contribution in [0, 0.1) is 23.1 Å². The number of allylic oxidation sites excluding steroid dienone is 1. The second kappa shape index (κ2) is 9.80. The van der Waals surface area contributed by atoms with Gasteiger partial charge in [-0.05, 0) is 71.4 Å². The number of esters is 1. The fourth-order valence-corrected chi connectivity index (χ4v) is 4.86. The highest BCUT2D eigenvalue weighted by atomic mass is 35.5. The van der Waals surface area contributed by atoms with Gasteiger partial charge in [0, 0.05) is 17.0 Å². The Hall–Kier alpha value is -4.21. The summed E-state index contributed by atoms with van der Waals surface area (Å²) in [5.41, 5.74) is 4.94. The summed E-state index contributed by atoms with van der Waals surface area (Å²) >= 11 is 6.61. The number of fused-ring (bicyclic) bond motifs is 1. The molecule has 5 rings (SSSR count). The molecule has 1 aromatic heterocycles. The molecule has 1 N–H and O–H groups in total. The molecule has 1 heterocycles. The molecule has 0 aliphatic heterocycles. The summed E-state index contributed by atoms with van der Waals surface area (Å²) in [6.45, 7) is 3.51. The molecule has 0 spiro atoms. The number of nitrogens with zero attached hydrogens (tertiary/aromatic N) is 2. The van der Waals surface area contributed by atoms with Crippen molar-refractivity contribution in [3.05, 3.63) is 107 Å². The Bertz CT molecular complexity index is 1580. The quantitative estimate of drug-likeness (QED) is 0.134. The molecule has 0 saturated heterocycles. The minimum atomic E-state index is -0.580. The summed E-state index contributed by atoms with van der Waals surface area (Å²) in [6.07, 6.45) is 4.06. The van der Waals surface area contributed by atoms with Gasteiger partial charge in [0.1, 0.15) is 17.6 Å². The summed E-state index contributed by atoms with van der Waals surface area (Å²) in [4.78, 5) is 12.2. The van der Waals surface area contributed by atoms with E-state index in [2.05, 4.69) is 22.8 Å². The van der Waals surface area contributed by atoms with Crippen molar-refractivity contribution in [2.45, 2.75) is 19.3 Å². The predicted molar refractivity (Wildman–Crippen MR) is 138 cm³/mol. The van der Waals surface area contributed by atoms with Crippen molar-refractivity contribution in [2.75, 3.05) is 0 Å². The minimum Gasteiger partial charge on any atom is -0.423 e. The van der Waals surface area contributed by atoms with Gasteiger partial charge in [0.15, 0.2) is 5.69 Å². The number of hydrogen-bond donors (Lipinski definition) is 1. The zero-order valence-electron chi connectivity index (χ0n) is 19.2. The van der Waals surface area contributed by atoms with Crippen LogP contribution in [0.3, 0.4) is 0 Å². The average Bonchev–Trinajstić information content (AvgIpc) is 3.26. The third kappa shape index (κ3) is 4.30. The Morgan fingerprint density at radius 2 is 1.97 bits per heavy atom. The number of ether oxygens (including phenoxy) is 1. The van der Waals surface area contributed by atoms with E-state index < -0.39 is 11.8 Å². The van der Waals surface area contributed by atoms with E-state index in [-0.39, 0.29) is 11.6 Å². The Kier molecular flexibility index (Phi) is 6.41. The van der Waals surface area contributed by atoms with Crippen molar-refractivity contribution >= 4 is 39.6 Å². The van der Waals surface area contributed by atoms with Gasteiger partial charge in [-0.15, -0.1) is 0 Å². The van der Waals surface area contributed by atoms with Crippen LogP contribution in [-0.2, 0) is 4.79 Å². The molecular formula is C29H21ClFN3O2. The van der Waals surface area contributed by atoms with Gasteiger partial charge >= 0.3 is 5.97 Å². The van der Waals surface area contributed by atoms with Gasteiger partial charge in [0.2, 0.25) is 0 Å². The largest absolute Gasteiger partial charge is 0.423 e. The van der Waals surface area contributed by atoms with Gasteiger partial charge in [-0.1, -0.05) is 54.9 Å². The Morgan fingerprint density at radius 1 is 1.17 bits per heavy atom. The van der Waals surface area contributed by atoms with Crippen LogP contribution in [0.5, 0.6) is 5.75 Å². The van der Waals surface area contributed by atoms with Crippen LogP contribution in [0.4, 0.5) is 4.39 Å². The Morgan fingerprint density at radius 3 is 2.67 bits per heavy atom. The van der Waals surface area contributed by atoms with Gasteiger partial charge in [0.05, 0.1) is 10.5 Å². The van der Waals surface area contributed by atoms with E-state index in [1.807, 2.05) is 30.3 Å². The molecule has 5 nitrogen and oxygen atoms in total. The number of nitriles is 1. The van der Waals surface area contributed by atoms with Crippen molar-refractivity contribution in [2.24, 2.45) is 5.92 Å². The van der Waals surface area contributed by atoms with E-state index in [1.54, 1.807) is 18.2 Å². The third-order valence-electron chi connectivity index (χ3n) is 6.50. The van der Waals surface area contributed by atoms with Crippen molar-refractivity contribution in [1.82, 2.24) is 10.2 Å². The third-order valence-corrected chi connectivity index (χ3v) is 6.81. The van der Waals surface area contributed by atoms with E-state index >= 15 is 0 Å². The zero-order valence-corrected chi connectivity index (χ0v) is 20.0. The number of aromatic amines is 1. The molecule has 1 aliphatic rings. The zero-order chi connectivity index (χ0) is 25.2. The van der Waals surface area contributed by atoms with Crippen LogP contribution in [0.2, 0.25) is 5.02 Å². The van der Waals surface area contributed by atoms with E-state index in [0.717, 1.165) is 53.1 Å². The number of H-pyrrole nitrogens is 1. The summed E-state index contributed by atoms with van der Waals surface area (Å²) in [5, 5.41) is 17.5. The lowest BCUT2D eigenvalue weighted by Gasteiger charge is -2.32. The summed E-state index contributed by atoms with van der Waals surface area (Å²) in [7, 11) is 0. The topological polar surface area (TPSA) is 78.8 Å². The first-order valence-electron chi connectivity index (χ1n) is 11.5. The van der Waals surface area contributed by atoms with Gasteiger partial charge < -0.3 is 4.74 Å². The van der Waals surface area contributed by atoms with Crippen LogP contribution in [0.25, 0.3) is 22.0 Å². The highest BCUT2D eigenvalue weighted by molar-refractivity contribution is 6.33. The molecule has 0 amide bonds. The maximum atomic E-state index is 14.0. The molecule has 3 aromatic carbocycles. The fraction of sp³-hybridized carbons (Fsp3) is 0.138. The fourth-order valence-electron chi connectivity index (χ4n) is 4.59. The standard InChI is InChI=1S/C29H21ClFN3O2/c1-2-27(35)36-26-9-4-3-8-21(26)29(18-10-13-24-22(14-18)25(16-32)34-33-24)28(17-6-5-7-17)20-12-11-19(31)15-23(20)30/h2-4,8-15,17H,1,5-7H2,(H,33,34)/b29-28+. The number of nitrogens with one attached hydrogen (secondary N) is 1. The number of carbonyl (C=O) groups is 1. The summed E-state index contributed by atoms with van der Waals surface area (Å²) < 4.78 is 19.6. The predicted octanol–water partition coefficient (Wildman–Crippen LogP) is 7.08. The van der Waals surface area contributed by atoms with Gasteiger partial charge in [-0.3, -0.25) is 5.10 Å². The maximum absolute atomic E-state index is 14.0.